The minimum absolute atomic E-state index is 0.0534. The Bertz CT molecular complexity index is 1230. The van der Waals surface area contributed by atoms with Crippen molar-refractivity contribution >= 4 is 39.1 Å². The number of carbonyl (C=O) groups is 2. The Morgan fingerprint density at radius 3 is 2.51 bits per heavy atom. The topological polar surface area (TPSA) is 79.9 Å². The van der Waals surface area contributed by atoms with Crippen molar-refractivity contribution < 1.29 is 19.1 Å². The van der Waals surface area contributed by atoms with Crippen LogP contribution in [0.1, 0.15) is 23.1 Å². The summed E-state index contributed by atoms with van der Waals surface area (Å²) in [4.78, 5) is 27.0. The Kier molecular flexibility index (Phi) is 7.60. The van der Waals surface area contributed by atoms with Crippen LogP contribution in [0.15, 0.2) is 65.1 Å². The summed E-state index contributed by atoms with van der Waals surface area (Å²) in [5, 5.41) is 0. The van der Waals surface area contributed by atoms with Crippen LogP contribution in [0.5, 0.6) is 11.5 Å². The minimum atomic E-state index is -0.438. The second-order valence-electron chi connectivity index (χ2n) is 8.57. The fourth-order valence-corrected chi connectivity index (χ4v) is 4.13. The highest BCUT2D eigenvalue weighted by Crippen LogP contribution is 2.31. The van der Waals surface area contributed by atoms with Gasteiger partial charge < -0.3 is 14.4 Å². The Hall–Kier alpha value is -3.52. The van der Waals surface area contributed by atoms with Crippen LogP contribution in [0.25, 0.3) is 0 Å². The number of ether oxygens (including phenoxy) is 2. The maximum absolute atomic E-state index is 12.8. The molecule has 2 amide bonds. The molecule has 4 rings (SSSR count). The first kappa shape index (κ1) is 24.6. The highest BCUT2D eigenvalue weighted by molar-refractivity contribution is 9.10. The van der Waals surface area contributed by atoms with E-state index in [-0.39, 0.29) is 18.2 Å². The van der Waals surface area contributed by atoms with Gasteiger partial charge in [0.15, 0.2) is 11.5 Å². The van der Waals surface area contributed by atoms with Crippen molar-refractivity contribution in [2.24, 2.45) is 5.92 Å². The quantitative estimate of drug-likeness (QED) is 0.388. The molecule has 0 aliphatic carbocycles. The number of carbonyl (C=O) groups excluding carboxylic acids is 2. The lowest BCUT2D eigenvalue weighted by Gasteiger charge is -2.18. The zero-order valence-corrected chi connectivity index (χ0v) is 21.5. The summed E-state index contributed by atoms with van der Waals surface area (Å²) in [6.45, 7) is 4.79. The molecule has 35 heavy (non-hydrogen) atoms. The number of aryl methyl sites for hydroxylation is 2. The first-order chi connectivity index (χ1) is 16.8. The fraction of sp³-hybridized carbons (Fsp3) is 0.259. The van der Waals surface area contributed by atoms with E-state index in [2.05, 4.69) is 26.8 Å². The lowest BCUT2D eigenvalue weighted by molar-refractivity contribution is -0.125. The highest BCUT2D eigenvalue weighted by Gasteiger charge is 2.35. The van der Waals surface area contributed by atoms with E-state index < -0.39 is 5.92 Å². The average Bonchev–Trinajstić information content (AvgIpc) is 3.25. The lowest BCUT2D eigenvalue weighted by Crippen LogP contribution is -2.36. The number of benzene rings is 3. The molecule has 1 atom stereocenters. The van der Waals surface area contributed by atoms with Gasteiger partial charge in [0.1, 0.15) is 6.61 Å². The summed E-state index contributed by atoms with van der Waals surface area (Å²) in [5.41, 5.74) is 10.4. The molecular formula is C27H28BrN3O4. The molecule has 0 radical (unpaired) electrons. The number of hydrogen-bond donors (Lipinski definition) is 2. The molecular weight excluding hydrogens is 510 g/mol. The second kappa shape index (κ2) is 10.8. The number of anilines is 2. The van der Waals surface area contributed by atoms with E-state index in [0.717, 1.165) is 21.3 Å². The molecule has 3 aromatic rings. The van der Waals surface area contributed by atoms with Crippen LogP contribution in [0.2, 0.25) is 0 Å². The lowest BCUT2D eigenvalue weighted by atomic mass is 10.1. The van der Waals surface area contributed by atoms with Gasteiger partial charge in [-0.2, -0.15) is 0 Å². The smallest absolute Gasteiger partial charge is 0.243 e. The van der Waals surface area contributed by atoms with Crippen LogP contribution in [-0.4, -0.2) is 25.5 Å². The summed E-state index contributed by atoms with van der Waals surface area (Å²) in [6.07, 6.45) is 0.173. The third-order valence-electron chi connectivity index (χ3n) is 6.10. The number of hydrogen-bond acceptors (Lipinski definition) is 5. The van der Waals surface area contributed by atoms with E-state index in [1.165, 1.54) is 5.56 Å². The van der Waals surface area contributed by atoms with Crippen molar-refractivity contribution in [1.82, 2.24) is 5.43 Å². The molecule has 1 aliphatic rings. The van der Waals surface area contributed by atoms with Crippen LogP contribution in [0.4, 0.5) is 11.4 Å². The van der Waals surface area contributed by atoms with E-state index in [9.17, 15) is 9.59 Å². The summed E-state index contributed by atoms with van der Waals surface area (Å²) in [7, 11) is 1.57. The molecule has 1 aliphatic heterocycles. The van der Waals surface area contributed by atoms with E-state index in [4.69, 9.17) is 9.47 Å². The maximum Gasteiger partial charge on any atom is 0.243 e. The highest BCUT2D eigenvalue weighted by atomic mass is 79.9. The van der Waals surface area contributed by atoms with Gasteiger partial charge in [0, 0.05) is 29.2 Å². The molecule has 2 N–H and O–H groups in total. The van der Waals surface area contributed by atoms with Crippen molar-refractivity contribution in [1.29, 1.82) is 0 Å². The molecule has 3 aromatic carbocycles. The van der Waals surface area contributed by atoms with Crippen LogP contribution >= 0.6 is 15.9 Å². The fourth-order valence-electron chi connectivity index (χ4n) is 3.87. The number of methoxy groups -OCH3 is 1. The Balaban J connectivity index is 1.33. The maximum atomic E-state index is 12.8. The normalized spacial score (nSPS) is 15.1. The van der Waals surface area contributed by atoms with Crippen LogP contribution in [0.3, 0.4) is 0 Å². The van der Waals surface area contributed by atoms with Crippen molar-refractivity contribution in [2.45, 2.75) is 26.9 Å². The SMILES string of the molecule is COc1cc(NNC(=O)[C@H]2CC(=O)N(c3ccc(C)c(C)c3)C2)ccc1OCc1ccc(Br)cc1. The molecule has 0 unspecified atom stereocenters. The first-order valence-corrected chi connectivity index (χ1v) is 12.1. The molecule has 0 bridgehead atoms. The van der Waals surface area contributed by atoms with Crippen molar-refractivity contribution in [3.8, 4) is 11.5 Å². The Morgan fingerprint density at radius 1 is 1.03 bits per heavy atom. The molecule has 8 heteroatoms. The third-order valence-corrected chi connectivity index (χ3v) is 6.63. The number of amides is 2. The molecule has 0 spiro atoms. The number of halogens is 1. The van der Waals surface area contributed by atoms with Crippen molar-refractivity contribution in [3.63, 3.8) is 0 Å². The van der Waals surface area contributed by atoms with Crippen molar-refractivity contribution in [3.05, 3.63) is 81.8 Å². The van der Waals surface area contributed by atoms with Gasteiger partial charge >= 0.3 is 0 Å². The van der Waals surface area contributed by atoms with E-state index >= 15 is 0 Å². The number of rotatable bonds is 8. The third kappa shape index (κ3) is 5.95. The molecule has 1 fully saturated rings. The van der Waals surface area contributed by atoms with Gasteiger partial charge in [-0.05, 0) is 66.9 Å². The molecule has 7 nitrogen and oxygen atoms in total. The zero-order chi connectivity index (χ0) is 24.9. The average molecular weight is 538 g/mol. The Morgan fingerprint density at radius 2 is 1.80 bits per heavy atom. The van der Waals surface area contributed by atoms with Crippen LogP contribution in [0, 0.1) is 19.8 Å². The summed E-state index contributed by atoms with van der Waals surface area (Å²) < 4.78 is 12.4. The molecule has 1 heterocycles. The minimum Gasteiger partial charge on any atom is -0.493 e. The number of nitrogens with zero attached hydrogens (tertiary/aromatic N) is 1. The number of hydrazine groups is 1. The van der Waals surface area contributed by atoms with E-state index in [1.807, 2.05) is 56.3 Å². The number of nitrogens with one attached hydrogen (secondary N) is 2. The van der Waals surface area contributed by atoms with Crippen molar-refractivity contribution in [2.75, 3.05) is 24.0 Å². The molecule has 0 aromatic heterocycles. The Labute approximate surface area is 213 Å². The van der Waals surface area contributed by atoms with Gasteiger partial charge in [0.05, 0.1) is 18.7 Å². The first-order valence-electron chi connectivity index (χ1n) is 11.3. The largest absolute Gasteiger partial charge is 0.493 e. The van der Waals surface area contributed by atoms with E-state index in [1.54, 1.807) is 30.2 Å². The van der Waals surface area contributed by atoms with Crippen LogP contribution in [-0.2, 0) is 16.2 Å². The zero-order valence-electron chi connectivity index (χ0n) is 19.9. The van der Waals surface area contributed by atoms with Crippen LogP contribution < -0.4 is 25.2 Å². The predicted molar refractivity (Wildman–Crippen MR) is 140 cm³/mol. The standard InChI is InChI=1S/C27H28BrN3O4/c1-17-4-10-23(12-18(17)2)31-15-20(13-26(31)32)27(33)30-29-22-9-11-24(25(14-22)34-3)35-16-19-5-7-21(28)8-6-19/h4-12,14,20,29H,13,15-16H2,1-3H3,(H,30,33)/t20-/m0/s1. The van der Waals surface area contributed by atoms with Gasteiger partial charge in [-0.25, -0.2) is 0 Å². The summed E-state index contributed by atoms with van der Waals surface area (Å²) in [5.74, 6) is 0.407. The van der Waals surface area contributed by atoms with Gasteiger partial charge in [-0.3, -0.25) is 20.4 Å². The van der Waals surface area contributed by atoms with E-state index in [0.29, 0.717) is 30.3 Å². The molecule has 0 saturated carbocycles. The molecule has 182 valence electrons. The monoisotopic (exact) mass is 537 g/mol. The van der Waals surface area contributed by atoms with Gasteiger partial charge in [-0.15, -0.1) is 0 Å². The second-order valence-corrected chi connectivity index (χ2v) is 9.48. The summed E-state index contributed by atoms with van der Waals surface area (Å²) >= 11 is 3.42. The predicted octanol–water partition coefficient (Wildman–Crippen LogP) is 5.15. The van der Waals surface area contributed by atoms with Gasteiger partial charge in [0.2, 0.25) is 11.8 Å². The molecule has 1 saturated heterocycles. The summed E-state index contributed by atoms with van der Waals surface area (Å²) in [6, 6.07) is 19.1. The van der Waals surface area contributed by atoms with Gasteiger partial charge in [-0.1, -0.05) is 34.1 Å². The van der Waals surface area contributed by atoms with Gasteiger partial charge in [0.25, 0.3) is 0 Å².